The maximum Gasteiger partial charge on any atom is 0.135 e. The van der Waals surface area contributed by atoms with Crippen LogP contribution < -0.4 is 4.90 Å². The quantitative estimate of drug-likeness (QED) is 0.223. The fraction of sp³-hybridized carbons (Fsp3) is 0. The third kappa shape index (κ3) is 3.29. The van der Waals surface area contributed by atoms with Crippen molar-refractivity contribution in [3.63, 3.8) is 0 Å². The van der Waals surface area contributed by atoms with Crippen molar-refractivity contribution in [1.29, 1.82) is 0 Å². The van der Waals surface area contributed by atoms with E-state index >= 15 is 0 Å². The summed E-state index contributed by atoms with van der Waals surface area (Å²) in [6.45, 7) is 0. The van der Waals surface area contributed by atoms with Crippen molar-refractivity contribution in [2.24, 2.45) is 0 Å². The van der Waals surface area contributed by atoms with E-state index in [4.69, 9.17) is 16.0 Å². The average molecular weight is 526 g/mol. The van der Waals surface area contributed by atoms with Gasteiger partial charge in [-0.1, -0.05) is 96.2 Å². The molecule has 0 bridgehead atoms. The molecule has 0 unspecified atom stereocenters. The minimum atomic E-state index is 0.745. The van der Waals surface area contributed by atoms with Crippen molar-refractivity contribution >= 4 is 73.1 Å². The van der Waals surface area contributed by atoms with Crippen molar-refractivity contribution in [2.75, 3.05) is 4.90 Å². The Hall–Kier alpha value is -4.18. The summed E-state index contributed by atoms with van der Waals surface area (Å²) in [4.78, 5) is 4.66. The number of anilines is 3. The number of fused-ring (bicyclic) bond motifs is 6. The molecule has 0 saturated carbocycles. The Morgan fingerprint density at radius 3 is 2.24 bits per heavy atom. The van der Waals surface area contributed by atoms with Gasteiger partial charge in [0.15, 0.2) is 0 Å². The summed E-state index contributed by atoms with van der Waals surface area (Å²) in [5.74, 6) is 0. The lowest BCUT2D eigenvalue weighted by atomic mass is 10.0. The highest BCUT2D eigenvalue weighted by atomic mass is 35.5. The molecule has 0 N–H and O–H groups in total. The van der Waals surface area contributed by atoms with Gasteiger partial charge in [-0.3, -0.25) is 0 Å². The molecular weight excluding hydrogens is 506 g/mol. The fourth-order valence-corrected chi connectivity index (χ4v) is 7.00. The van der Waals surface area contributed by atoms with E-state index < -0.39 is 0 Å². The standard InChI is InChI=1S/C34H20ClNOS/c35-27-11-6-14-32-34(27)36(28-12-5-8-21-7-1-2-9-24(21)28)29-17-15-23(20-33(29)38-32)22-16-18-31-26(19-22)25-10-3-4-13-30(25)37-31/h1-20H. The van der Waals surface area contributed by atoms with Crippen LogP contribution in [0.4, 0.5) is 17.1 Å². The number of rotatable bonds is 2. The van der Waals surface area contributed by atoms with Crippen molar-refractivity contribution in [3.05, 3.63) is 126 Å². The highest BCUT2D eigenvalue weighted by Crippen LogP contribution is 2.55. The SMILES string of the molecule is Clc1cccc2c1N(c1cccc3ccccc13)c1ccc(-c3ccc4oc5ccccc5c4c3)cc1S2. The van der Waals surface area contributed by atoms with Crippen LogP contribution in [-0.4, -0.2) is 0 Å². The summed E-state index contributed by atoms with van der Waals surface area (Å²) in [5, 5.41) is 5.42. The molecule has 4 heteroatoms. The molecule has 0 atom stereocenters. The normalized spacial score (nSPS) is 12.7. The number of halogens is 1. The molecule has 0 radical (unpaired) electrons. The van der Waals surface area contributed by atoms with Crippen LogP contribution in [0.3, 0.4) is 0 Å². The highest BCUT2D eigenvalue weighted by molar-refractivity contribution is 7.99. The lowest BCUT2D eigenvalue weighted by Crippen LogP contribution is -2.15. The van der Waals surface area contributed by atoms with E-state index in [1.165, 1.54) is 26.8 Å². The van der Waals surface area contributed by atoms with Gasteiger partial charge in [-0.25, -0.2) is 0 Å². The monoisotopic (exact) mass is 525 g/mol. The molecular formula is C34H20ClNOS. The molecule has 180 valence electrons. The second-order valence-corrected chi connectivity index (χ2v) is 11.0. The fourth-order valence-electron chi connectivity index (χ4n) is 5.55. The first-order valence-electron chi connectivity index (χ1n) is 12.5. The lowest BCUT2D eigenvalue weighted by Gasteiger charge is -2.34. The topological polar surface area (TPSA) is 16.4 Å². The van der Waals surface area contributed by atoms with Crippen molar-refractivity contribution in [2.45, 2.75) is 9.79 Å². The van der Waals surface area contributed by atoms with Crippen LogP contribution in [0.2, 0.25) is 5.02 Å². The Labute approximate surface area is 229 Å². The van der Waals surface area contributed by atoms with Crippen LogP contribution in [0.1, 0.15) is 0 Å². The third-order valence-electron chi connectivity index (χ3n) is 7.31. The number of hydrogen-bond acceptors (Lipinski definition) is 3. The molecule has 1 aliphatic heterocycles. The molecule has 0 amide bonds. The third-order valence-corrected chi connectivity index (χ3v) is 8.71. The average Bonchev–Trinajstić information content (AvgIpc) is 3.34. The Bertz CT molecular complexity index is 2040. The first-order valence-corrected chi connectivity index (χ1v) is 13.7. The van der Waals surface area contributed by atoms with Crippen LogP contribution in [0.15, 0.2) is 136 Å². The van der Waals surface area contributed by atoms with E-state index in [1.807, 2.05) is 24.3 Å². The van der Waals surface area contributed by atoms with Crippen molar-refractivity contribution < 1.29 is 4.42 Å². The Balaban J connectivity index is 1.33. The highest BCUT2D eigenvalue weighted by Gasteiger charge is 2.28. The van der Waals surface area contributed by atoms with Gasteiger partial charge in [-0.15, -0.1) is 0 Å². The predicted molar refractivity (Wildman–Crippen MR) is 160 cm³/mol. The summed E-state index contributed by atoms with van der Waals surface area (Å²) < 4.78 is 6.06. The molecule has 0 spiro atoms. The van der Waals surface area contributed by atoms with E-state index in [9.17, 15) is 0 Å². The Morgan fingerprint density at radius 1 is 0.553 bits per heavy atom. The van der Waals surface area contributed by atoms with E-state index in [2.05, 4.69) is 102 Å². The van der Waals surface area contributed by atoms with Gasteiger partial charge in [0.25, 0.3) is 0 Å². The van der Waals surface area contributed by atoms with E-state index in [0.717, 1.165) is 48.9 Å². The van der Waals surface area contributed by atoms with Crippen LogP contribution in [0, 0.1) is 0 Å². The number of hydrogen-bond donors (Lipinski definition) is 0. The molecule has 2 nitrogen and oxygen atoms in total. The Morgan fingerprint density at radius 2 is 1.29 bits per heavy atom. The van der Waals surface area contributed by atoms with Crippen LogP contribution in [-0.2, 0) is 0 Å². The van der Waals surface area contributed by atoms with Gasteiger partial charge in [0.1, 0.15) is 11.2 Å². The van der Waals surface area contributed by atoms with E-state index in [-0.39, 0.29) is 0 Å². The number of benzene rings is 6. The molecule has 0 fully saturated rings. The minimum Gasteiger partial charge on any atom is -0.456 e. The maximum atomic E-state index is 6.86. The van der Waals surface area contributed by atoms with E-state index in [0.29, 0.717) is 0 Å². The predicted octanol–water partition coefficient (Wildman–Crippen LogP) is 11.0. The van der Waals surface area contributed by atoms with Gasteiger partial charge in [0.05, 0.1) is 22.1 Å². The number of nitrogens with zero attached hydrogens (tertiary/aromatic N) is 1. The van der Waals surface area contributed by atoms with E-state index in [1.54, 1.807) is 11.8 Å². The zero-order chi connectivity index (χ0) is 25.2. The zero-order valence-corrected chi connectivity index (χ0v) is 21.8. The van der Waals surface area contributed by atoms with Crippen LogP contribution in [0.25, 0.3) is 43.8 Å². The summed E-state index contributed by atoms with van der Waals surface area (Å²) in [6, 6.07) is 42.6. The molecule has 6 aromatic carbocycles. The van der Waals surface area contributed by atoms with Gasteiger partial charge in [-0.2, -0.15) is 0 Å². The lowest BCUT2D eigenvalue weighted by molar-refractivity contribution is 0.669. The molecule has 2 heterocycles. The second kappa shape index (κ2) is 8.42. The van der Waals surface area contributed by atoms with Gasteiger partial charge < -0.3 is 9.32 Å². The first kappa shape index (κ1) is 21.9. The summed E-state index contributed by atoms with van der Waals surface area (Å²) in [6.07, 6.45) is 0. The van der Waals surface area contributed by atoms with Gasteiger partial charge >= 0.3 is 0 Å². The smallest absolute Gasteiger partial charge is 0.135 e. The summed E-state index contributed by atoms with van der Waals surface area (Å²) in [5.41, 5.74) is 7.45. The molecule has 0 saturated heterocycles. The molecule has 7 aromatic rings. The van der Waals surface area contributed by atoms with Gasteiger partial charge in [0.2, 0.25) is 0 Å². The van der Waals surface area contributed by atoms with Gasteiger partial charge in [0, 0.05) is 25.9 Å². The maximum absolute atomic E-state index is 6.86. The molecule has 38 heavy (non-hydrogen) atoms. The zero-order valence-electron chi connectivity index (χ0n) is 20.2. The summed E-state index contributed by atoms with van der Waals surface area (Å²) in [7, 11) is 0. The van der Waals surface area contributed by atoms with Gasteiger partial charge in [-0.05, 0) is 65.0 Å². The molecule has 8 rings (SSSR count). The molecule has 1 aromatic heterocycles. The van der Waals surface area contributed by atoms with Crippen molar-refractivity contribution in [3.8, 4) is 11.1 Å². The largest absolute Gasteiger partial charge is 0.456 e. The minimum absolute atomic E-state index is 0.745. The Kier molecular flexibility index (Phi) is 4.84. The van der Waals surface area contributed by atoms with Crippen LogP contribution in [0.5, 0.6) is 0 Å². The second-order valence-electron chi connectivity index (χ2n) is 9.51. The van der Waals surface area contributed by atoms with Crippen LogP contribution >= 0.6 is 23.4 Å². The van der Waals surface area contributed by atoms with Crippen molar-refractivity contribution in [1.82, 2.24) is 0 Å². The first-order chi connectivity index (χ1) is 18.7. The summed E-state index contributed by atoms with van der Waals surface area (Å²) >= 11 is 8.63. The number of furan rings is 1. The molecule has 1 aliphatic rings. The molecule has 0 aliphatic carbocycles. The number of para-hydroxylation sites is 2.